The first-order valence-corrected chi connectivity index (χ1v) is 29.6. The Morgan fingerprint density at radius 3 is 1.21 bits per heavy atom. The lowest BCUT2D eigenvalue weighted by molar-refractivity contribution is 0.660. The molecule has 0 bridgehead atoms. The molecule has 0 saturated heterocycles. The molecule has 3 nitrogen and oxygen atoms in total. The second-order valence-corrected chi connectivity index (χ2v) is 23.8. The van der Waals surface area contributed by atoms with E-state index in [0.717, 1.165) is 94.3 Å². The average Bonchev–Trinajstić information content (AvgIpc) is 1.59. The Morgan fingerprint density at radius 2 is 0.647 bits per heavy atom. The van der Waals surface area contributed by atoms with Crippen molar-refractivity contribution in [1.82, 2.24) is 0 Å². The van der Waals surface area contributed by atoms with Crippen LogP contribution in [0, 0.1) is 0 Å². The summed E-state index contributed by atoms with van der Waals surface area (Å²) in [6.45, 7) is 4.73. The second-order valence-electron chi connectivity index (χ2n) is 23.8. The van der Waals surface area contributed by atoms with Gasteiger partial charge in [0.1, 0.15) is 22.3 Å². The maximum atomic E-state index is 6.78. The molecule has 0 amide bonds. The van der Waals surface area contributed by atoms with Crippen molar-refractivity contribution in [2.24, 2.45) is 0 Å². The van der Waals surface area contributed by atoms with Crippen molar-refractivity contribution in [3.05, 3.63) is 318 Å². The fourth-order valence-electron chi connectivity index (χ4n) is 15.4. The summed E-state index contributed by atoms with van der Waals surface area (Å²) < 4.78 is 13.5. The summed E-state index contributed by atoms with van der Waals surface area (Å²) in [5.74, 6) is 0. The maximum absolute atomic E-state index is 6.78. The van der Waals surface area contributed by atoms with Crippen LogP contribution in [0.5, 0.6) is 0 Å². The molecule has 0 aliphatic heterocycles. The molecule has 2 aromatic heterocycles. The van der Waals surface area contributed by atoms with Crippen LogP contribution in [-0.4, -0.2) is 0 Å². The van der Waals surface area contributed by atoms with Crippen LogP contribution < -0.4 is 4.90 Å². The Labute approximate surface area is 493 Å². The Kier molecular flexibility index (Phi) is 10.1. The number of rotatable bonds is 7. The zero-order valence-corrected chi connectivity index (χ0v) is 46.9. The van der Waals surface area contributed by atoms with E-state index >= 15 is 0 Å². The number of hydrogen-bond donors (Lipinski definition) is 0. The lowest BCUT2D eigenvalue weighted by Gasteiger charge is -2.32. The number of benzene rings is 13. The van der Waals surface area contributed by atoms with Crippen molar-refractivity contribution in [3.8, 4) is 77.9 Å². The largest absolute Gasteiger partial charge is 0.456 e. The fraction of sp³-hybridized carbons (Fsp3) is 0.0488. The van der Waals surface area contributed by atoms with Gasteiger partial charge >= 0.3 is 0 Å². The van der Waals surface area contributed by atoms with E-state index in [1.54, 1.807) is 0 Å². The van der Waals surface area contributed by atoms with Crippen molar-refractivity contribution in [2.75, 3.05) is 4.90 Å². The summed E-state index contributed by atoms with van der Waals surface area (Å²) in [4.78, 5) is 2.45. The third-order valence-corrected chi connectivity index (χ3v) is 19.1. The van der Waals surface area contributed by atoms with E-state index in [1.165, 1.54) is 77.9 Å². The molecule has 0 fully saturated rings. The van der Waals surface area contributed by atoms with Gasteiger partial charge in [-0.05, 0) is 179 Å². The van der Waals surface area contributed by atoms with Crippen LogP contribution in [0.3, 0.4) is 0 Å². The highest BCUT2D eigenvalue weighted by molar-refractivity contribution is 6.20. The second kappa shape index (κ2) is 17.9. The molecule has 3 aliphatic rings. The van der Waals surface area contributed by atoms with E-state index in [0.29, 0.717) is 0 Å². The minimum absolute atomic E-state index is 0.187. The van der Waals surface area contributed by atoms with Gasteiger partial charge in [-0.1, -0.05) is 220 Å². The standard InChI is InChI=1S/C82H53NO2/c1-81(2)67-26-12-6-20-57(67)61-42-36-53(48-71(61)81)78-64(45-47-76-80(78)66-25-11-17-31-74(66)85-76)63-44-46-75-79(65-24-10-16-30-73(65)84-75)77(63)52-34-39-55(40-35-52)83(54-37-32-51(33-38-54)50-18-4-3-5-19-50)56-41-43-62-60-23-9-15-29-70(60)82(72(62)49-56)68-27-13-7-21-58(68)59-22-8-14-28-69(59)82/h3-49H,1-2H3. The van der Waals surface area contributed by atoms with Gasteiger partial charge in [0.25, 0.3) is 0 Å². The quantitative estimate of drug-likeness (QED) is 0.159. The molecule has 0 unspecified atom stereocenters. The lowest BCUT2D eigenvalue weighted by atomic mass is 9.70. The van der Waals surface area contributed by atoms with Crippen LogP contribution >= 0.6 is 0 Å². The number of furan rings is 2. The molecule has 0 saturated carbocycles. The molecule has 1 spiro atoms. The van der Waals surface area contributed by atoms with Gasteiger partial charge in [-0.15, -0.1) is 0 Å². The molecule has 85 heavy (non-hydrogen) atoms. The van der Waals surface area contributed by atoms with Crippen molar-refractivity contribution in [3.63, 3.8) is 0 Å². The molecule has 0 atom stereocenters. The third-order valence-electron chi connectivity index (χ3n) is 19.1. The summed E-state index contributed by atoms with van der Waals surface area (Å²) >= 11 is 0. The molecular formula is C82H53NO2. The smallest absolute Gasteiger partial charge is 0.136 e. The Morgan fingerprint density at radius 1 is 0.259 bits per heavy atom. The Bertz CT molecular complexity index is 5210. The van der Waals surface area contributed by atoms with E-state index in [9.17, 15) is 0 Å². The highest BCUT2D eigenvalue weighted by Crippen LogP contribution is 2.64. The van der Waals surface area contributed by atoms with Gasteiger partial charge in [-0.2, -0.15) is 0 Å². The van der Waals surface area contributed by atoms with Crippen LogP contribution in [0.4, 0.5) is 17.1 Å². The number of nitrogens with zero attached hydrogens (tertiary/aromatic N) is 1. The number of anilines is 3. The van der Waals surface area contributed by atoms with Gasteiger partial charge in [0.2, 0.25) is 0 Å². The maximum Gasteiger partial charge on any atom is 0.136 e. The van der Waals surface area contributed by atoms with Gasteiger partial charge < -0.3 is 13.7 Å². The predicted octanol–water partition coefficient (Wildman–Crippen LogP) is 22.3. The van der Waals surface area contributed by atoms with E-state index in [2.05, 4.69) is 304 Å². The summed E-state index contributed by atoms with van der Waals surface area (Å²) in [5.41, 5.74) is 30.8. The van der Waals surface area contributed by atoms with Crippen molar-refractivity contribution in [2.45, 2.75) is 24.7 Å². The summed E-state index contributed by atoms with van der Waals surface area (Å²) in [6, 6.07) is 105. The zero-order chi connectivity index (χ0) is 56.1. The summed E-state index contributed by atoms with van der Waals surface area (Å²) in [5, 5.41) is 4.37. The van der Waals surface area contributed by atoms with E-state index in [-0.39, 0.29) is 5.41 Å². The van der Waals surface area contributed by atoms with E-state index in [1.807, 2.05) is 0 Å². The Balaban J connectivity index is 0.853. The highest BCUT2D eigenvalue weighted by atomic mass is 16.3. The Hall–Kier alpha value is -10.7. The van der Waals surface area contributed by atoms with E-state index in [4.69, 9.17) is 8.83 Å². The number of hydrogen-bond acceptors (Lipinski definition) is 3. The minimum Gasteiger partial charge on any atom is -0.456 e. The molecule has 3 aliphatic carbocycles. The van der Waals surface area contributed by atoms with Gasteiger partial charge in [0, 0.05) is 55.1 Å². The molecule has 398 valence electrons. The molecule has 3 heteroatoms. The summed E-state index contributed by atoms with van der Waals surface area (Å²) in [6.07, 6.45) is 0. The van der Waals surface area contributed by atoms with Crippen molar-refractivity contribution < 1.29 is 8.83 Å². The monoisotopic (exact) mass is 1080 g/mol. The molecule has 15 aromatic rings. The average molecular weight is 1080 g/mol. The topological polar surface area (TPSA) is 29.5 Å². The van der Waals surface area contributed by atoms with Crippen LogP contribution in [0.15, 0.2) is 294 Å². The number of fused-ring (bicyclic) bond motifs is 19. The minimum atomic E-state index is -0.490. The predicted molar refractivity (Wildman–Crippen MR) is 351 cm³/mol. The summed E-state index contributed by atoms with van der Waals surface area (Å²) in [7, 11) is 0. The SMILES string of the molecule is CC1(C)c2ccccc2-c2ccc(-c3c(-c4ccc5oc6ccccc6c5c4-c4ccc(N(c5ccc(-c6ccccc6)cc5)c5ccc6c(c5)C5(c7ccccc7-c7ccccc75)c5ccccc5-6)cc4)ccc4oc5ccccc5c34)cc21. The molecule has 2 heterocycles. The molecule has 13 aromatic carbocycles. The van der Waals surface area contributed by atoms with Crippen LogP contribution in [0.25, 0.3) is 122 Å². The number of para-hydroxylation sites is 2. The molecule has 18 rings (SSSR count). The molecule has 0 radical (unpaired) electrons. The van der Waals surface area contributed by atoms with Gasteiger partial charge in [0.15, 0.2) is 0 Å². The highest BCUT2D eigenvalue weighted by Gasteiger charge is 2.51. The van der Waals surface area contributed by atoms with Gasteiger partial charge in [-0.3, -0.25) is 0 Å². The van der Waals surface area contributed by atoms with Crippen molar-refractivity contribution in [1.29, 1.82) is 0 Å². The lowest BCUT2D eigenvalue weighted by Crippen LogP contribution is -2.26. The molecule has 0 N–H and O–H groups in total. The van der Waals surface area contributed by atoms with Gasteiger partial charge in [-0.25, -0.2) is 0 Å². The normalized spacial score (nSPS) is 13.7. The first-order valence-electron chi connectivity index (χ1n) is 29.6. The zero-order valence-electron chi connectivity index (χ0n) is 46.9. The first kappa shape index (κ1) is 47.9. The van der Waals surface area contributed by atoms with Crippen molar-refractivity contribution >= 4 is 60.9 Å². The van der Waals surface area contributed by atoms with Gasteiger partial charge in [0.05, 0.1) is 5.41 Å². The van der Waals surface area contributed by atoms with E-state index < -0.39 is 5.41 Å². The van der Waals surface area contributed by atoms with Crippen LogP contribution in [0.2, 0.25) is 0 Å². The fourth-order valence-corrected chi connectivity index (χ4v) is 15.4. The first-order chi connectivity index (χ1) is 41.9. The van der Waals surface area contributed by atoms with Crippen LogP contribution in [-0.2, 0) is 10.8 Å². The third kappa shape index (κ3) is 6.72. The molecular weight excluding hydrogens is 1030 g/mol. The van der Waals surface area contributed by atoms with Crippen LogP contribution in [0.1, 0.15) is 47.2 Å².